The van der Waals surface area contributed by atoms with Gasteiger partial charge in [0.2, 0.25) is 11.8 Å². The van der Waals surface area contributed by atoms with E-state index in [1.54, 1.807) is 0 Å². The Morgan fingerprint density at radius 1 is 1.23 bits per heavy atom. The average molecular weight is 420 g/mol. The average Bonchev–Trinajstić information content (AvgIpc) is 3.04. The van der Waals surface area contributed by atoms with Gasteiger partial charge in [0.05, 0.1) is 24.9 Å². The van der Waals surface area contributed by atoms with Gasteiger partial charge in [-0.05, 0) is 37.0 Å². The van der Waals surface area contributed by atoms with Crippen molar-refractivity contribution in [2.75, 3.05) is 32.8 Å². The van der Waals surface area contributed by atoms with Gasteiger partial charge < -0.3 is 25.2 Å². The second-order valence-electron chi connectivity index (χ2n) is 8.29. The van der Waals surface area contributed by atoms with Crippen molar-refractivity contribution in [1.82, 2.24) is 15.1 Å². The van der Waals surface area contributed by atoms with Crippen molar-refractivity contribution in [3.63, 3.8) is 0 Å². The summed E-state index contributed by atoms with van der Waals surface area (Å²) in [5, 5.41) is 23.4. The molecule has 2 aliphatic rings. The van der Waals surface area contributed by atoms with Crippen LogP contribution in [0.2, 0.25) is 0 Å². The largest absolute Gasteiger partial charge is 0.494 e. The third-order valence-corrected chi connectivity index (χ3v) is 5.64. The lowest BCUT2D eigenvalue weighted by Gasteiger charge is -2.25. The monoisotopic (exact) mass is 419 g/mol. The molecule has 2 fully saturated rings. The molecule has 0 saturated carbocycles. The van der Waals surface area contributed by atoms with Crippen molar-refractivity contribution >= 4 is 11.8 Å². The number of rotatable bonds is 8. The first-order valence-electron chi connectivity index (χ1n) is 10.8. The molecule has 8 heteroatoms. The van der Waals surface area contributed by atoms with Crippen LogP contribution in [0.15, 0.2) is 24.3 Å². The summed E-state index contributed by atoms with van der Waals surface area (Å²) in [5.74, 6) is 0.821. The van der Waals surface area contributed by atoms with Crippen LogP contribution in [0.1, 0.15) is 38.2 Å². The van der Waals surface area contributed by atoms with Crippen LogP contribution in [-0.2, 0) is 16.1 Å². The van der Waals surface area contributed by atoms with Gasteiger partial charge in [-0.1, -0.05) is 12.1 Å². The van der Waals surface area contributed by atoms with Gasteiger partial charge in [0.25, 0.3) is 0 Å². The van der Waals surface area contributed by atoms with Crippen LogP contribution < -0.4 is 10.1 Å². The van der Waals surface area contributed by atoms with Crippen molar-refractivity contribution in [1.29, 1.82) is 0 Å². The highest BCUT2D eigenvalue weighted by Gasteiger charge is 2.30. The second-order valence-corrected chi connectivity index (χ2v) is 8.29. The van der Waals surface area contributed by atoms with E-state index in [9.17, 15) is 19.8 Å². The van der Waals surface area contributed by atoms with Crippen molar-refractivity contribution in [3.8, 4) is 5.75 Å². The van der Waals surface area contributed by atoms with E-state index in [1.165, 1.54) is 6.92 Å². The second kappa shape index (κ2) is 10.7. The molecule has 2 heterocycles. The fourth-order valence-electron chi connectivity index (χ4n) is 4.17. The molecule has 0 bridgehead atoms. The number of hydrogen-bond acceptors (Lipinski definition) is 6. The van der Waals surface area contributed by atoms with Gasteiger partial charge in [-0.15, -0.1) is 0 Å². The lowest BCUT2D eigenvalue weighted by Crippen LogP contribution is -2.45. The molecule has 30 heavy (non-hydrogen) atoms. The molecule has 2 amide bonds. The van der Waals surface area contributed by atoms with Crippen molar-refractivity contribution < 1.29 is 24.5 Å². The minimum absolute atomic E-state index is 0.206. The standard InChI is InChI=1S/C22H33N3O5/c1-16(26)23-20-12-18(27)14-24(15-21(20)28)13-17-5-7-19(8-6-17)30-11-3-10-25-9-2-4-22(25)29/h5-8,18,20-21,27-28H,2-4,9-15H2,1H3,(H,23,26)/t18-,20-,21-/m1/s1. The van der Waals surface area contributed by atoms with Gasteiger partial charge in [0.15, 0.2) is 0 Å². The SMILES string of the molecule is CC(=O)N[C@@H]1C[C@@H](O)CN(Cc2ccc(OCCCN3CCCC3=O)cc2)C[C@H]1O. The molecular formula is C22H33N3O5. The van der Waals surface area contributed by atoms with Gasteiger partial charge in [0, 0.05) is 46.1 Å². The van der Waals surface area contributed by atoms with Gasteiger partial charge in [-0.25, -0.2) is 0 Å². The summed E-state index contributed by atoms with van der Waals surface area (Å²) in [6.45, 7) is 5.01. The quantitative estimate of drug-likeness (QED) is 0.531. The summed E-state index contributed by atoms with van der Waals surface area (Å²) >= 11 is 0. The molecule has 2 aliphatic heterocycles. The molecule has 3 N–H and O–H groups in total. The molecule has 1 aromatic carbocycles. The van der Waals surface area contributed by atoms with Crippen LogP contribution in [0.3, 0.4) is 0 Å². The summed E-state index contributed by atoms with van der Waals surface area (Å²) < 4.78 is 5.78. The third kappa shape index (κ3) is 6.68. The maximum atomic E-state index is 11.6. The number of carbonyl (C=O) groups excluding carboxylic acids is 2. The first-order chi connectivity index (χ1) is 14.4. The van der Waals surface area contributed by atoms with Gasteiger partial charge in [-0.3, -0.25) is 14.5 Å². The van der Waals surface area contributed by atoms with Crippen molar-refractivity contribution in [3.05, 3.63) is 29.8 Å². The third-order valence-electron chi connectivity index (χ3n) is 5.64. The number of ether oxygens (including phenoxy) is 1. The van der Waals surface area contributed by atoms with Crippen LogP contribution in [0.25, 0.3) is 0 Å². The van der Waals surface area contributed by atoms with Gasteiger partial charge in [0.1, 0.15) is 5.75 Å². The molecule has 8 nitrogen and oxygen atoms in total. The first-order valence-corrected chi connectivity index (χ1v) is 10.8. The van der Waals surface area contributed by atoms with Crippen LogP contribution in [-0.4, -0.2) is 82.9 Å². The van der Waals surface area contributed by atoms with Crippen molar-refractivity contribution in [2.45, 2.75) is 57.4 Å². The molecule has 0 spiro atoms. The highest BCUT2D eigenvalue weighted by atomic mass is 16.5. The molecule has 3 rings (SSSR count). The Kier molecular flexibility index (Phi) is 8.07. The minimum atomic E-state index is -0.726. The number of likely N-dealkylation sites (tertiary alicyclic amines) is 2. The van der Waals surface area contributed by atoms with E-state index in [-0.39, 0.29) is 11.8 Å². The highest BCUT2D eigenvalue weighted by Crippen LogP contribution is 2.18. The van der Waals surface area contributed by atoms with Crippen molar-refractivity contribution in [2.24, 2.45) is 0 Å². The van der Waals surface area contributed by atoms with E-state index >= 15 is 0 Å². The lowest BCUT2D eigenvalue weighted by molar-refractivity contribution is -0.127. The summed E-state index contributed by atoms with van der Waals surface area (Å²) in [5.41, 5.74) is 1.06. The first kappa shape index (κ1) is 22.5. The number of carbonyl (C=O) groups is 2. The molecule has 1 aromatic rings. The summed E-state index contributed by atoms with van der Waals surface area (Å²) in [6.07, 6.45) is 1.45. The minimum Gasteiger partial charge on any atom is -0.494 e. The van der Waals surface area contributed by atoms with E-state index in [1.807, 2.05) is 34.1 Å². The Morgan fingerprint density at radius 3 is 2.67 bits per heavy atom. The fraction of sp³-hybridized carbons (Fsp3) is 0.636. The van der Waals surface area contributed by atoms with Crippen LogP contribution in [0.5, 0.6) is 5.75 Å². The number of hydrogen-bond donors (Lipinski definition) is 3. The molecule has 0 unspecified atom stereocenters. The summed E-state index contributed by atoms with van der Waals surface area (Å²) in [7, 11) is 0. The van der Waals surface area contributed by atoms with E-state index in [2.05, 4.69) is 5.32 Å². The number of benzene rings is 1. The van der Waals surface area contributed by atoms with Gasteiger partial charge in [-0.2, -0.15) is 0 Å². The highest BCUT2D eigenvalue weighted by molar-refractivity contribution is 5.78. The molecule has 0 aliphatic carbocycles. The van der Waals surface area contributed by atoms with Crippen LogP contribution >= 0.6 is 0 Å². The Morgan fingerprint density at radius 2 is 2.00 bits per heavy atom. The zero-order chi connectivity index (χ0) is 21.5. The zero-order valence-electron chi connectivity index (χ0n) is 17.6. The van der Waals surface area contributed by atoms with E-state index in [0.717, 1.165) is 37.2 Å². The Bertz CT molecular complexity index is 711. The number of nitrogens with zero attached hydrogens (tertiary/aromatic N) is 2. The molecule has 3 atom stereocenters. The van der Waals surface area contributed by atoms with E-state index in [4.69, 9.17) is 4.74 Å². The fourth-order valence-corrected chi connectivity index (χ4v) is 4.17. The molecule has 0 radical (unpaired) electrons. The normalized spacial score (nSPS) is 25.2. The predicted molar refractivity (Wildman–Crippen MR) is 112 cm³/mol. The van der Waals surface area contributed by atoms with Gasteiger partial charge >= 0.3 is 0 Å². The maximum Gasteiger partial charge on any atom is 0.222 e. The number of aliphatic hydroxyl groups excluding tert-OH is 2. The number of amides is 2. The van der Waals surface area contributed by atoms with E-state index in [0.29, 0.717) is 39.1 Å². The molecule has 166 valence electrons. The van der Waals surface area contributed by atoms with E-state index < -0.39 is 18.2 Å². The van der Waals surface area contributed by atoms with Crippen LogP contribution in [0.4, 0.5) is 0 Å². The maximum absolute atomic E-state index is 11.6. The lowest BCUT2D eigenvalue weighted by atomic mass is 10.1. The Hall–Kier alpha value is -2.16. The number of aliphatic hydroxyl groups is 2. The smallest absolute Gasteiger partial charge is 0.222 e. The number of β-amino-alcohol motifs (C(OH)–C–C–N with tert-alkyl or cyclic N) is 2. The zero-order valence-corrected chi connectivity index (χ0v) is 17.6. The predicted octanol–water partition coefficient (Wildman–Crippen LogP) is 0.510. The topological polar surface area (TPSA) is 102 Å². The Labute approximate surface area is 177 Å². The van der Waals surface area contributed by atoms with Crippen LogP contribution in [0, 0.1) is 0 Å². The molecule has 0 aromatic heterocycles. The summed E-state index contributed by atoms with van der Waals surface area (Å²) in [4.78, 5) is 26.8. The Balaban J connectivity index is 1.44. The summed E-state index contributed by atoms with van der Waals surface area (Å²) in [6, 6.07) is 7.36. The number of nitrogens with one attached hydrogen (secondary N) is 1. The molecular weight excluding hydrogens is 386 g/mol. The molecule has 2 saturated heterocycles.